The number of anilines is 1. The molecular weight excluding hydrogens is 249 g/mol. The van der Waals surface area contributed by atoms with Crippen molar-refractivity contribution in [2.75, 3.05) is 12.3 Å². The van der Waals surface area contributed by atoms with Gasteiger partial charge < -0.3 is 10.6 Å². The highest BCUT2D eigenvalue weighted by atomic mass is 19.4. The molecule has 0 unspecified atom stereocenters. The molecule has 3 N–H and O–H groups in total. The molecule has 0 spiro atoms. The zero-order valence-corrected chi connectivity index (χ0v) is 9.71. The lowest BCUT2D eigenvalue weighted by Gasteiger charge is -2.22. The summed E-state index contributed by atoms with van der Waals surface area (Å²) in [5, 5.41) is 6.16. The normalized spacial score (nSPS) is 15.8. The van der Waals surface area contributed by atoms with Gasteiger partial charge in [-0.05, 0) is 19.8 Å². The van der Waals surface area contributed by atoms with E-state index in [-0.39, 0.29) is 17.4 Å². The van der Waals surface area contributed by atoms with E-state index in [0.29, 0.717) is 18.5 Å². The number of amides is 1. The van der Waals surface area contributed by atoms with Crippen molar-refractivity contribution in [3.63, 3.8) is 0 Å². The minimum Gasteiger partial charge on any atom is -0.395 e. The fourth-order valence-corrected chi connectivity index (χ4v) is 1.68. The van der Waals surface area contributed by atoms with Crippen LogP contribution in [0.4, 0.5) is 18.9 Å². The van der Waals surface area contributed by atoms with Crippen molar-refractivity contribution in [1.29, 1.82) is 0 Å². The number of rotatable bonds is 3. The Balaban J connectivity index is 2.21. The van der Waals surface area contributed by atoms with Gasteiger partial charge in [0.15, 0.2) is 5.69 Å². The summed E-state index contributed by atoms with van der Waals surface area (Å²) in [6.07, 6.45) is -3.24. The second-order valence-corrected chi connectivity index (χ2v) is 4.39. The first-order chi connectivity index (χ1) is 8.29. The van der Waals surface area contributed by atoms with Gasteiger partial charge in [0.05, 0.1) is 11.4 Å². The fourth-order valence-electron chi connectivity index (χ4n) is 1.68. The first kappa shape index (κ1) is 12.7. The summed E-state index contributed by atoms with van der Waals surface area (Å²) in [4.78, 5) is 12.8. The van der Waals surface area contributed by atoms with Crippen LogP contribution < -0.4 is 5.73 Å². The molecule has 1 amide bonds. The number of hydrogen-bond acceptors (Lipinski definition) is 3. The number of nitrogen functional groups attached to an aromatic ring is 1. The Bertz CT molecular complexity index is 464. The highest BCUT2D eigenvalue weighted by Gasteiger charge is 2.41. The van der Waals surface area contributed by atoms with Crippen molar-refractivity contribution in [2.24, 2.45) is 0 Å². The number of alkyl halides is 3. The maximum absolute atomic E-state index is 12.4. The SMILES string of the molecule is Cc1[nH]nc(C(=O)N(CC(F)(F)F)C2CC2)c1N. The number of hydrogen-bond donors (Lipinski definition) is 2. The standard InChI is InChI=1S/C10H13F3N4O/c1-5-7(14)8(16-15-5)9(18)17(6-2-3-6)4-10(11,12)13/h6H,2-4,14H2,1H3,(H,15,16). The summed E-state index contributed by atoms with van der Waals surface area (Å²) >= 11 is 0. The minimum atomic E-state index is -4.42. The fraction of sp³-hybridized carbons (Fsp3) is 0.600. The highest BCUT2D eigenvalue weighted by molar-refractivity contribution is 5.98. The molecule has 1 heterocycles. The molecule has 0 aromatic carbocycles. The Morgan fingerprint density at radius 1 is 1.56 bits per heavy atom. The van der Waals surface area contributed by atoms with E-state index in [9.17, 15) is 18.0 Å². The summed E-state index contributed by atoms with van der Waals surface area (Å²) in [5.41, 5.74) is 6.05. The lowest BCUT2D eigenvalue weighted by atomic mass is 10.2. The van der Waals surface area contributed by atoms with Crippen LogP contribution in [0.3, 0.4) is 0 Å². The Labute approximate surface area is 101 Å². The first-order valence-corrected chi connectivity index (χ1v) is 5.48. The van der Waals surface area contributed by atoms with Crippen LogP contribution in [0, 0.1) is 6.92 Å². The van der Waals surface area contributed by atoms with Gasteiger partial charge in [0.2, 0.25) is 0 Å². The Morgan fingerprint density at radius 2 is 2.17 bits per heavy atom. The molecule has 1 aliphatic rings. The first-order valence-electron chi connectivity index (χ1n) is 5.48. The maximum Gasteiger partial charge on any atom is 0.406 e. The van der Waals surface area contributed by atoms with Crippen molar-refractivity contribution >= 4 is 11.6 Å². The van der Waals surface area contributed by atoms with Gasteiger partial charge in [-0.25, -0.2) is 0 Å². The number of aryl methyl sites for hydroxylation is 1. The Kier molecular flexibility index (Phi) is 2.95. The third-order valence-electron chi connectivity index (χ3n) is 2.80. The molecule has 0 radical (unpaired) electrons. The van der Waals surface area contributed by atoms with Gasteiger partial charge >= 0.3 is 6.18 Å². The molecule has 0 saturated heterocycles. The minimum absolute atomic E-state index is 0.104. The average Bonchev–Trinajstić information content (AvgIpc) is 3.03. The van der Waals surface area contributed by atoms with Gasteiger partial charge in [-0.3, -0.25) is 9.89 Å². The second-order valence-electron chi connectivity index (χ2n) is 4.39. The predicted octanol–water partition coefficient (Wildman–Crippen LogP) is 1.47. The Hall–Kier alpha value is -1.73. The second kappa shape index (κ2) is 4.18. The molecule has 100 valence electrons. The van der Waals surface area contributed by atoms with Gasteiger partial charge in [-0.2, -0.15) is 18.3 Å². The highest BCUT2D eigenvalue weighted by Crippen LogP contribution is 2.32. The molecule has 18 heavy (non-hydrogen) atoms. The average molecular weight is 262 g/mol. The van der Waals surface area contributed by atoms with E-state index in [1.807, 2.05) is 0 Å². The molecule has 0 aliphatic heterocycles. The van der Waals surface area contributed by atoms with Crippen LogP contribution in [-0.4, -0.2) is 39.8 Å². The number of carbonyl (C=O) groups excluding carboxylic acids is 1. The molecule has 8 heteroatoms. The van der Waals surface area contributed by atoms with Crippen LogP contribution in [0.2, 0.25) is 0 Å². The van der Waals surface area contributed by atoms with E-state index in [4.69, 9.17) is 5.73 Å². The number of nitrogens with one attached hydrogen (secondary N) is 1. The van der Waals surface area contributed by atoms with Crippen LogP contribution >= 0.6 is 0 Å². The summed E-state index contributed by atoms with van der Waals surface area (Å²) in [5.74, 6) is -0.767. The number of nitrogens with two attached hydrogens (primary N) is 1. The molecule has 1 aromatic heterocycles. The van der Waals surface area contributed by atoms with Gasteiger partial charge in [0.1, 0.15) is 6.54 Å². The zero-order valence-electron chi connectivity index (χ0n) is 9.71. The van der Waals surface area contributed by atoms with Crippen LogP contribution in [0.25, 0.3) is 0 Å². The summed E-state index contributed by atoms with van der Waals surface area (Å²) in [7, 11) is 0. The van der Waals surface area contributed by atoms with Crippen LogP contribution in [0.15, 0.2) is 0 Å². The van der Waals surface area contributed by atoms with E-state index in [1.165, 1.54) is 0 Å². The lowest BCUT2D eigenvalue weighted by molar-refractivity contribution is -0.141. The molecule has 1 aromatic rings. The Morgan fingerprint density at radius 3 is 2.56 bits per heavy atom. The molecule has 0 atom stereocenters. The third-order valence-corrected chi connectivity index (χ3v) is 2.80. The van der Waals surface area contributed by atoms with E-state index >= 15 is 0 Å². The smallest absolute Gasteiger partial charge is 0.395 e. The molecular formula is C10H13F3N4O. The predicted molar refractivity (Wildman–Crippen MR) is 57.9 cm³/mol. The van der Waals surface area contributed by atoms with Gasteiger partial charge in [0, 0.05) is 6.04 Å². The molecule has 1 saturated carbocycles. The van der Waals surface area contributed by atoms with E-state index in [0.717, 1.165) is 4.90 Å². The molecule has 0 bridgehead atoms. The van der Waals surface area contributed by atoms with Crippen molar-refractivity contribution < 1.29 is 18.0 Å². The number of H-pyrrole nitrogens is 1. The third kappa shape index (κ3) is 2.57. The largest absolute Gasteiger partial charge is 0.406 e. The quantitative estimate of drug-likeness (QED) is 0.866. The van der Waals surface area contributed by atoms with Crippen molar-refractivity contribution in [1.82, 2.24) is 15.1 Å². The van der Waals surface area contributed by atoms with Gasteiger partial charge in [-0.15, -0.1) is 0 Å². The molecule has 1 fully saturated rings. The summed E-state index contributed by atoms with van der Waals surface area (Å²) in [6.45, 7) is 0.339. The van der Waals surface area contributed by atoms with E-state index in [1.54, 1.807) is 6.92 Å². The summed E-state index contributed by atoms with van der Waals surface area (Å²) in [6, 6.07) is -0.351. The van der Waals surface area contributed by atoms with Crippen molar-refractivity contribution in [3.05, 3.63) is 11.4 Å². The van der Waals surface area contributed by atoms with E-state index < -0.39 is 18.6 Å². The molecule has 2 rings (SSSR count). The topological polar surface area (TPSA) is 75.0 Å². The van der Waals surface area contributed by atoms with Crippen molar-refractivity contribution in [2.45, 2.75) is 32.0 Å². The zero-order chi connectivity index (χ0) is 13.5. The summed E-state index contributed by atoms with van der Waals surface area (Å²) < 4.78 is 37.3. The van der Waals surface area contributed by atoms with Crippen molar-refractivity contribution in [3.8, 4) is 0 Å². The van der Waals surface area contributed by atoms with E-state index in [2.05, 4.69) is 10.2 Å². The number of aromatic amines is 1. The van der Waals surface area contributed by atoms with Gasteiger partial charge in [-0.1, -0.05) is 0 Å². The van der Waals surface area contributed by atoms with Crippen LogP contribution in [0.5, 0.6) is 0 Å². The maximum atomic E-state index is 12.4. The van der Waals surface area contributed by atoms with Crippen LogP contribution in [0.1, 0.15) is 29.0 Å². The van der Waals surface area contributed by atoms with Gasteiger partial charge in [0.25, 0.3) is 5.91 Å². The number of halogens is 3. The number of aromatic nitrogens is 2. The molecule has 1 aliphatic carbocycles. The number of nitrogens with zero attached hydrogens (tertiary/aromatic N) is 2. The lowest BCUT2D eigenvalue weighted by Crippen LogP contribution is -2.40. The monoisotopic (exact) mass is 262 g/mol. The molecule has 5 nitrogen and oxygen atoms in total. The van der Waals surface area contributed by atoms with Crippen LogP contribution in [-0.2, 0) is 0 Å². The number of carbonyl (C=O) groups is 1.